The molecular weight excluding hydrogens is 562 g/mol. The largest absolute Gasteiger partial charge is 0.476 e. The highest BCUT2D eigenvalue weighted by Gasteiger charge is 2.27. The second kappa shape index (κ2) is 12.8. The molecule has 0 aliphatic carbocycles. The van der Waals surface area contributed by atoms with Crippen LogP contribution in [0.3, 0.4) is 0 Å². The van der Waals surface area contributed by atoms with Crippen molar-refractivity contribution in [3.8, 4) is 23.1 Å². The number of amides is 2. The van der Waals surface area contributed by atoms with Gasteiger partial charge in [-0.1, -0.05) is 0 Å². The van der Waals surface area contributed by atoms with Crippen LogP contribution < -0.4 is 26.0 Å². The van der Waals surface area contributed by atoms with E-state index in [2.05, 4.69) is 31.2 Å². The van der Waals surface area contributed by atoms with Crippen molar-refractivity contribution in [1.82, 2.24) is 30.3 Å². The number of imidazole rings is 1. The summed E-state index contributed by atoms with van der Waals surface area (Å²) in [5.74, 6) is -2.88. The highest BCUT2D eigenvalue weighted by Crippen LogP contribution is 2.31. The predicted octanol–water partition coefficient (Wildman–Crippen LogP) is 2.20. The van der Waals surface area contributed by atoms with E-state index in [9.17, 15) is 23.5 Å². The molecule has 1 aliphatic heterocycles. The summed E-state index contributed by atoms with van der Waals surface area (Å²) in [7, 11) is 0. The van der Waals surface area contributed by atoms with Gasteiger partial charge in [-0.3, -0.25) is 14.0 Å². The molecular formula is C29H28F2N8O4. The molecule has 43 heavy (non-hydrogen) atoms. The van der Waals surface area contributed by atoms with E-state index in [-0.39, 0.29) is 41.9 Å². The first kappa shape index (κ1) is 29.4. The zero-order chi connectivity index (χ0) is 30.5. The molecule has 1 aliphatic rings. The molecule has 14 heteroatoms. The summed E-state index contributed by atoms with van der Waals surface area (Å²) in [5.41, 5.74) is 2.33. The molecule has 0 radical (unpaired) electrons. The zero-order valence-corrected chi connectivity index (χ0v) is 23.0. The van der Waals surface area contributed by atoms with Crippen LogP contribution in [0, 0.1) is 29.9 Å². The molecule has 1 saturated heterocycles. The molecule has 4 aromatic rings. The van der Waals surface area contributed by atoms with Gasteiger partial charge in [-0.15, -0.1) is 0 Å². The fourth-order valence-electron chi connectivity index (χ4n) is 4.79. The number of benzene rings is 2. The molecule has 2 aromatic carbocycles. The lowest BCUT2D eigenvalue weighted by Crippen LogP contribution is -2.43. The molecule has 2 aromatic heterocycles. The summed E-state index contributed by atoms with van der Waals surface area (Å²) in [6.45, 7) is 2.22. The van der Waals surface area contributed by atoms with Crippen LogP contribution in [0.25, 0.3) is 16.9 Å². The third-order valence-corrected chi connectivity index (χ3v) is 6.91. The normalized spacial score (nSPS) is 16.1. The number of hydrogen-bond donors (Lipinski definition) is 5. The van der Waals surface area contributed by atoms with Crippen LogP contribution in [0.5, 0.6) is 5.75 Å². The van der Waals surface area contributed by atoms with E-state index in [0.29, 0.717) is 41.2 Å². The Labute approximate surface area is 244 Å². The Balaban J connectivity index is 1.24. The Kier molecular flexibility index (Phi) is 8.74. The molecule has 0 saturated carbocycles. The van der Waals surface area contributed by atoms with E-state index >= 15 is 0 Å². The van der Waals surface area contributed by atoms with Gasteiger partial charge in [0, 0.05) is 48.8 Å². The number of fused-ring (bicyclic) bond motifs is 1. The molecule has 2 atom stereocenters. The molecule has 5 rings (SSSR count). The van der Waals surface area contributed by atoms with E-state index in [4.69, 9.17) is 10.00 Å². The van der Waals surface area contributed by atoms with E-state index in [0.717, 1.165) is 0 Å². The fraction of sp³-hybridized carbons (Fsp3) is 0.276. The number of ether oxygens (including phenoxy) is 1. The molecule has 3 heterocycles. The van der Waals surface area contributed by atoms with Gasteiger partial charge in [-0.05, 0) is 49.2 Å². The Morgan fingerprint density at radius 2 is 2.00 bits per heavy atom. The van der Waals surface area contributed by atoms with Crippen LogP contribution in [-0.4, -0.2) is 69.7 Å². The third kappa shape index (κ3) is 6.37. The average molecular weight is 591 g/mol. The number of aryl methyl sites for hydroxylation is 1. The zero-order valence-electron chi connectivity index (χ0n) is 23.0. The summed E-state index contributed by atoms with van der Waals surface area (Å²) >= 11 is 0. The van der Waals surface area contributed by atoms with Gasteiger partial charge in [0.1, 0.15) is 6.07 Å². The van der Waals surface area contributed by atoms with E-state index < -0.39 is 30.4 Å². The molecule has 12 nitrogen and oxygen atoms in total. The van der Waals surface area contributed by atoms with Crippen molar-refractivity contribution in [2.24, 2.45) is 0 Å². The Hall–Kier alpha value is -5.13. The standard InChI is InChI=1S/C29H28F2N8O4/c1-16-12-17(2-3-19(16)28(41)34-7-8-35-29(42)21-13-18(40)14-36-21)38-26-27-37-15-22(39(27)10-9-33-26)20-4-5-23(43-11-6-32)25(31)24(20)30/h2-5,9-10,12,15,18,21,36,40H,7-8,11,13-14H2,1H3,(H,33,38)(H,34,41)(H,35,42). The van der Waals surface area contributed by atoms with Crippen LogP contribution in [0.15, 0.2) is 48.9 Å². The number of aromatic nitrogens is 3. The second-order valence-electron chi connectivity index (χ2n) is 9.85. The monoisotopic (exact) mass is 590 g/mol. The quantitative estimate of drug-likeness (QED) is 0.174. The number of anilines is 2. The Morgan fingerprint density at radius 1 is 1.19 bits per heavy atom. The number of nitriles is 1. The van der Waals surface area contributed by atoms with Gasteiger partial charge in [0.25, 0.3) is 5.91 Å². The minimum Gasteiger partial charge on any atom is -0.476 e. The third-order valence-electron chi connectivity index (χ3n) is 6.91. The fourth-order valence-corrected chi connectivity index (χ4v) is 4.79. The summed E-state index contributed by atoms with van der Waals surface area (Å²) < 4.78 is 35.9. The average Bonchev–Trinajstić information content (AvgIpc) is 3.63. The molecule has 0 spiro atoms. The van der Waals surface area contributed by atoms with Crippen molar-refractivity contribution >= 4 is 29.0 Å². The van der Waals surface area contributed by atoms with E-state index in [1.54, 1.807) is 41.8 Å². The lowest BCUT2D eigenvalue weighted by Gasteiger charge is -2.13. The number of nitrogens with zero attached hydrogens (tertiary/aromatic N) is 4. The lowest BCUT2D eigenvalue weighted by molar-refractivity contribution is -0.122. The molecule has 1 fully saturated rings. The summed E-state index contributed by atoms with van der Waals surface area (Å²) in [5, 5.41) is 29.8. The number of hydrogen-bond acceptors (Lipinski definition) is 9. The van der Waals surface area contributed by atoms with Gasteiger partial charge in [-0.25, -0.2) is 14.4 Å². The van der Waals surface area contributed by atoms with Crippen LogP contribution in [0.2, 0.25) is 0 Å². The van der Waals surface area contributed by atoms with Crippen molar-refractivity contribution in [2.45, 2.75) is 25.5 Å². The number of aliphatic hydroxyl groups is 1. The van der Waals surface area contributed by atoms with Crippen LogP contribution in [0.4, 0.5) is 20.3 Å². The minimum absolute atomic E-state index is 0.0498. The first-order valence-corrected chi connectivity index (χ1v) is 13.4. The van der Waals surface area contributed by atoms with Crippen molar-refractivity contribution in [2.75, 3.05) is 31.6 Å². The number of halogens is 2. The molecule has 5 N–H and O–H groups in total. The van der Waals surface area contributed by atoms with Crippen LogP contribution in [0.1, 0.15) is 22.3 Å². The molecule has 2 unspecified atom stereocenters. The second-order valence-corrected chi connectivity index (χ2v) is 9.85. The van der Waals surface area contributed by atoms with Gasteiger partial charge in [-0.2, -0.15) is 9.65 Å². The topological polar surface area (TPSA) is 166 Å². The number of β-amino-alcohol motifs (C(OH)–C–C–N with tert-alkyl or cyclic N) is 1. The molecule has 0 bridgehead atoms. The lowest BCUT2D eigenvalue weighted by atomic mass is 10.1. The number of aliphatic hydroxyl groups excluding tert-OH is 1. The maximum atomic E-state index is 14.9. The van der Waals surface area contributed by atoms with Crippen LogP contribution >= 0.6 is 0 Å². The number of rotatable bonds is 10. The first-order valence-electron chi connectivity index (χ1n) is 13.4. The van der Waals surface area contributed by atoms with Gasteiger partial charge in [0.05, 0.1) is 24.0 Å². The SMILES string of the molecule is Cc1cc(Nc2nccn3c(-c4ccc(OCC#N)c(F)c4F)cnc23)ccc1C(=O)NCCNC(=O)C1CC(O)CN1. The van der Waals surface area contributed by atoms with Gasteiger partial charge < -0.3 is 31.1 Å². The van der Waals surface area contributed by atoms with Crippen molar-refractivity contribution in [1.29, 1.82) is 5.26 Å². The highest BCUT2D eigenvalue weighted by molar-refractivity contribution is 5.96. The van der Waals surface area contributed by atoms with Gasteiger partial charge in [0.15, 0.2) is 29.6 Å². The first-order chi connectivity index (χ1) is 20.8. The van der Waals surface area contributed by atoms with E-state index in [1.807, 2.05) is 0 Å². The summed E-state index contributed by atoms with van der Waals surface area (Å²) in [4.78, 5) is 33.5. The summed E-state index contributed by atoms with van der Waals surface area (Å²) in [6, 6.07) is 8.99. The van der Waals surface area contributed by atoms with Gasteiger partial charge >= 0.3 is 0 Å². The number of carbonyl (C=O) groups is 2. The smallest absolute Gasteiger partial charge is 0.251 e. The predicted molar refractivity (Wildman–Crippen MR) is 152 cm³/mol. The van der Waals surface area contributed by atoms with Gasteiger partial charge in [0.2, 0.25) is 11.7 Å². The number of carbonyl (C=O) groups excluding carboxylic acids is 2. The highest BCUT2D eigenvalue weighted by atomic mass is 19.2. The molecule has 2 amide bonds. The maximum Gasteiger partial charge on any atom is 0.251 e. The molecule has 222 valence electrons. The van der Waals surface area contributed by atoms with Crippen molar-refractivity contribution < 1.29 is 28.2 Å². The van der Waals surface area contributed by atoms with Crippen molar-refractivity contribution in [3.05, 3.63) is 71.7 Å². The van der Waals surface area contributed by atoms with Crippen molar-refractivity contribution in [3.63, 3.8) is 0 Å². The maximum absolute atomic E-state index is 14.9. The van der Waals surface area contributed by atoms with E-state index in [1.165, 1.54) is 24.5 Å². The Morgan fingerprint density at radius 3 is 2.74 bits per heavy atom. The minimum atomic E-state index is -1.21. The van der Waals surface area contributed by atoms with Crippen LogP contribution in [-0.2, 0) is 4.79 Å². The number of nitrogens with one attached hydrogen (secondary N) is 4. The summed E-state index contributed by atoms with van der Waals surface area (Å²) in [6.07, 6.45) is 4.27. The Bertz CT molecular complexity index is 1720.